The molecule has 1 aliphatic rings. The number of fused-ring (bicyclic) bond motifs is 2. The number of hydrogen-bond acceptors (Lipinski definition) is 3. The lowest BCUT2D eigenvalue weighted by Gasteiger charge is -2.28. The molecule has 1 aromatic carbocycles. The molecule has 1 amide bonds. The fraction of sp³-hybridized carbons (Fsp3) is 0.167. The van der Waals surface area contributed by atoms with Crippen LogP contribution in [0.5, 0.6) is 0 Å². The number of nitrogens with zero attached hydrogens (tertiary/aromatic N) is 4. The largest absolute Gasteiger partial charge is 0.333 e. The van der Waals surface area contributed by atoms with Gasteiger partial charge >= 0.3 is 0 Å². The Labute approximate surface area is 147 Å². The van der Waals surface area contributed by atoms with Gasteiger partial charge < -0.3 is 4.90 Å². The number of benzene rings is 1. The zero-order valence-electron chi connectivity index (χ0n) is 12.7. The van der Waals surface area contributed by atoms with Gasteiger partial charge in [0, 0.05) is 23.8 Å². The molecule has 0 atom stereocenters. The van der Waals surface area contributed by atoms with E-state index in [4.69, 9.17) is 5.26 Å². The number of nitriles is 1. The predicted molar refractivity (Wildman–Crippen MR) is 92.5 cm³/mol. The summed E-state index contributed by atoms with van der Waals surface area (Å²) in [5.74, 6) is -0.0807. The smallest absolute Gasteiger partial charge is 0.274 e. The number of carbonyl (C=O) groups is 1. The molecule has 0 fully saturated rings. The molecule has 0 saturated heterocycles. The monoisotopic (exact) mass is 380 g/mol. The van der Waals surface area contributed by atoms with Crippen molar-refractivity contribution in [2.24, 2.45) is 0 Å². The first-order chi connectivity index (χ1) is 11.6. The van der Waals surface area contributed by atoms with Crippen LogP contribution in [0.4, 0.5) is 0 Å². The molecule has 118 valence electrons. The third-order valence-corrected chi connectivity index (χ3v) is 4.75. The molecule has 1 aliphatic heterocycles. The summed E-state index contributed by atoms with van der Waals surface area (Å²) in [7, 11) is 0. The average molecular weight is 381 g/mol. The summed E-state index contributed by atoms with van der Waals surface area (Å²) in [4.78, 5) is 14.6. The molecule has 0 saturated carbocycles. The summed E-state index contributed by atoms with van der Waals surface area (Å²) in [6.07, 6.45) is 2.63. The number of rotatable bonds is 1. The fourth-order valence-corrected chi connectivity index (χ4v) is 3.35. The Morgan fingerprint density at radius 3 is 2.92 bits per heavy atom. The highest BCUT2D eigenvalue weighted by atomic mass is 79.9. The summed E-state index contributed by atoms with van der Waals surface area (Å²) < 4.78 is 2.61. The van der Waals surface area contributed by atoms with Crippen molar-refractivity contribution >= 4 is 27.4 Å². The number of aromatic nitrogens is 2. The first-order valence-electron chi connectivity index (χ1n) is 7.60. The van der Waals surface area contributed by atoms with Gasteiger partial charge in [0.05, 0.1) is 17.1 Å². The first kappa shape index (κ1) is 14.9. The molecule has 24 heavy (non-hydrogen) atoms. The van der Waals surface area contributed by atoms with Crippen molar-refractivity contribution in [1.29, 1.82) is 5.26 Å². The molecule has 0 unspecified atom stereocenters. The van der Waals surface area contributed by atoms with E-state index in [2.05, 4.69) is 27.1 Å². The van der Waals surface area contributed by atoms with Crippen molar-refractivity contribution in [3.8, 4) is 6.07 Å². The molecule has 0 N–H and O–H groups in total. The lowest BCUT2D eigenvalue weighted by atomic mass is 9.97. The molecular formula is C18H13BrN4O. The highest BCUT2D eigenvalue weighted by Gasteiger charge is 2.24. The van der Waals surface area contributed by atoms with E-state index in [1.165, 1.54) is 5.56 Å². The van der Waals surface area contributed by atoms with Crippen molar-refractivity contribution in [2.75, 3.05) is 6.54 Å². The molecular weight excluding hydrogens is 368 g/mol. The van der Waals surface area contributed by atoms with E-state index in [1.54, 1.807) is 15.5 Å². The molecule has 0 aliphatic carbocycles. The quantitative estimate of drug-likeness (QED) is 0.651. The maximum atomic E-state index is 12.8. The van der Waals surface area contributed by atoms with E-state index in [0.717, 1.165) is 22.0 Å². The maximum Gasteiger partial charge on any atom is 0.274 e. The normalized spacial score (nSPS) is 13.6. The van der Waals surface area contributed by atoms with Crippen LogP contribution < -0.4 is 0 Å². The predicted octanol–water partition coefficient (Wildman–Crippen LogP) is 3.17. The summed E-state index contributed by atoms with van der Waals surface area (Å²) >= 11 is 3.40. The Morgan fingerprint density at radius 1 is 1.21 bits per heavy atom. The number of carbonyl (C=O) groups excluding carboxylic acids is 1. The number of amides is 1. The molecule has 4 rings (SSSR count). The SMILES string of the molecule is N#Cc1ccc2c(c1)CN(C(=O)c1cc3ccc(Br)cn3n1)CC2. The van der Waals surface area contributed by atoms with E-state index in [-0.39, 0.29) is 5.91 Å². The van der Waals surface area contributed by atoms with Gasteiger partial charge in [0.2, 0.25) is 0 Å². The molecule has 6 heteroatoms. The van der Waals surface area contributed by atoms with E-state index >= 15 is 0 Å². The third kappa shape index (κ3) is 2.57. The molecule has 3 aromatic rings. The van der Waals surface area contributed by atoms with Gasteiger partial charge in [-0.25, -0.2) is 4.52 Å². The van der Waals surface area contributed by atoms with E-state index in [0.29, 0.717) is 24.3 Å². The molecule has 0 radical (unpaired) electrons. The van der Waals surface area contributed by atoms with Crippen molar-refractivity contribution in [3.05, 3.63) is 69.5 Å². The van der Waals surface area contributed by atoms with E-state index < -0.39 is 0 Å². The molecule has 0 spiro atoms. The fourth-order valence-electron chi connectivity index (χ4n) is 3.03. The summed E-state index contributed by atoms with van der Waals surface area (Å²) in [6, 6.07) is 13.5. The van der Waals surface area contributed by atoms with Crippen LogP contribution in [-0.4, -0.2) is 27.0 Å². The Balaban J connectivity index is 1.63. The van der Waals surface area contributed by atoms with Crippen LogP contribution in [0, 0.1) is 11.3 Å². The second-order valence-corrected chi connectivity index (χ2v) is 6.73. The molecule has 2 aromatic heterocycles. The van der Waals surface area contributed by atoms with Crippen molar-refractivity contribution in [2.45, 2.75) is 13.0 Å². The van der Waals surface area contributed by atoms with Crippen molar-refractivity contribution in [3.63, 3.8) is 0 Å². The molecule has 0 bridgehead atoms. The van der Waals surface area contributed by atoms with Crippen LogP contribution >= 0.6 is 15.9 Å². The number of hydrogen-bond donors (Lipinski definition) is 0. The highest BCUT2D eigenvalue weighted by Crippen LogP contribution is 2.22. The minimum Gasteiger partial charge on any atom is -0.333 e. The van der Waals surface area contributed by atoms with Gasteiger partial charge in [0.15, 0.2) is 5.69 Å². The van der Waals surface area contributed by atoms with Gasteiger partial charge in [-0.15, -0.1) is 0 Å². The van der Waals surface area contributed by atoms with Crippen LogP contribution in [0.25, 0.3) is 5.52 Å². The van der Waals surface area contributed by atoms with Crippen LogP contribution in [0.1, 0.15) is 27.2 Å². The van der Waals surface area contributed by atoms with Crippen LogP contribution in [-0.2, 0) is 13.0 Å². The van der Waals surface area contributed by atoms with Crippen molar-refractivity contribution in [1.82, 2.24) is 14.5 Å². The Kier molecular flexibility index (Phi) is 3.58. The summed E-state index contributed by atoms with van der Waals surface area (Å²) in [5, 5.41) is 13.4. The summed E-state index contributed by atoms with van der Waals surface area (Å²) in [5.41, 5.74) is 4.19. The molecule has 3 heterocycles. The zero-order valence-corrected chi connectivity index (χ0v) is 14.3. The second-order valence-electron chi connectivity index (χ2n) is 5.82. The lowest BCUT2D eigenvalue weighted by molar-refractivity contribution is 0.0728. The topological polar surface area (TPSA) is 61.4 Å². The third-order valence-electron chi connectivity index (χ3n) is 4.28. The number of pyridine rings is 1. The van der Waals surface area contributed by atoms with E-state index in [1.807, 2.05) is 36.5 Å². The van der Waals surface area contributed by atoms with Crippen LogP contribution in [0.15, 0.2) is 47.1 Å². The first-order valence-corrected chi connectivity index (χ1v) is 8.39. The lowest BCUT2D eigenvalue weighted by Crippen LogP contribution is -2.36. The average Bonchev–Trinajstić information content (AvgIpc) is 3.03. The summed E-state index contributed by atoms with van der Waals surface area (Å²) in [6.45, 7) is 1.18. The number of halogens is 1. The maximum absolute atomic E-state index is 12.8. The van der Waals surface area contributed by atoms with Gasteiger partial charge in [0.1, 0.15) is 0 Å². The Hall–Kier alpha value is -2.65. The molecule has 5 nitrogen and oxygen atoms in total. The van der Waals surface area contributed by atoms with Gasteiger partial charge in [-0.05, 0) is 63.8 Å². The zero-order chi connectivity index (χ0) is 16.7. The second kappa shape index (κ2) is 5.77. The Morgan fingerprint density at radius 2 is 2.08 bits per heavy atom. The van der Waals surface area contributed by atoms with Gasteiger partial charge in [-0.1, -0.05) is 6.07 Å². The van der Waals surface area contributed by atoms with Crippen LogP contribution in [0.2, 0.25) is 0 Å². The minimum atomic E-state index is -0.0807. The van der Waals surface area contributed by atoms with Gasteiger partial charge in [-0.3, -0.25) is 4.79 Å². The van der Waals surface area contributed by atoms with Crippen molar-refractivity contribution < 1.29 is 4.79 Å². The standard InChI is InChI=1S/C18H13BrN4O/c19-15-3-4-16-8-17(21-23(16)11-15)18(24)22-6-5-13-2-1-12(9-20)7-14(13)10-22/h1-4,7-8,11H,5-6,10H2. The highest BCUT2D eigenvalue weighted by molar-refractivity contribution is 9.10. The van der Waals surface area contributed by atoms with Gasteiger partial charge in [0.25, 0.3) is 5.91 Å². The van der Waals surface area contributed by atoms with Crippen LogP contribution in [0.3, 0.4) is 0 Å². The minimum absolute atomic E-state index is 0.0807. The Bertz CT molecular complexity index is 1000. The van der Waals surface area contributed by atoms with Gasteiger partial charge in [-0.2, -0.15) is 10.4 Å². The van der Waals surface area contributed by atoms with E-state index in [9.17, 15) is 4.79 Å².